The highest BCUT2D eigenvalue weighted by Gasteiger charge is 2.16. The molecular formula is C16H24N2. The Morgan fingerprint density at radius 1 is 0.944 bits per heavy atom. The Kier molecular flexibility index (Phi) is 3.84. The molecule has 18 heavy (non-hydrogen) atoms. The maximum atomic E-state index is 3.61. The molecule has 2 heteroatoms. The Morgan fingerprint density at radius 2 is 1.72 bits per heavy atom. The summed E-state index contributed by atoms with van der Waals surface area (Å²) < 4.78 is 0. The molecule has 1 aromatic rings. The second-order valence-electron chi connectivity index (χ2n) is 5.79. The third-order valence-corrected chi connectivity index (χ3v) is 4.42. The molecule has 0 aromatic heterocycles. The highest BCUT2D eigenvalue weighted by molar-refractivity contribution is 5.46. The molecule has 2 N–H and O–H groups in total. The predicted molar refractivity (Wildman–Crippen MR) is 77.2 cm³/mol. The fraction of sp³-hybridized carbons (Fsp3) is 0.625. The minimum absolute atomic E-state index is 0.616. The van der Waals surface area contributed by atoms with Gasteiger partial charge in [0.05, 0.1) is 0 Å². The lowest BCUT2D eigenvalue weighted by molar-refractivity contribution is 0.443. The molecule has 0 spiro atoms. The van der Waals surface area contributed by atoms with Crippen molar-refractivity contribution < 1.29 is 0 Å². The van der Waals surface area contributed by atoms with Gasteiger partial charge in [0.25, 0.3) is 0 Å². The highest BCUT2D eigenvalue weighted by atomic mass is 15.0. The van der Waals surface area contributed by atoms with E-state index < -0.39 is 0 Å². The van der Waals surface area contributed by atoms with Crippen molar-refractivity contribution in [3.8, 4) is 0 Å². The molecule has 1 unspecified atom stereocenters. The molecule has 1 heterocycles. The molecule has 0 amide bonds. The molecular weight excluding hydrogens is 220 g/mol. The van der Waals surface area contributed by atoms with Gasteiger partial charge in [0.2, 0.25) is 0 Å². The highest BCUT2D eigenvalue weighted by Crippen LogP contribution is 2.33. The van der Waals surface area contributed by atoms with E-state index in [1.54, 1.807) is 5.56 Å². The van der Waals surface area contributed by atoms with Gasteiger partial charge in [0, 0.05) is 18.3 Å². The third-order valence-electron chi connectivity index (χ3n) is 4.42. The van der Waals surface area contributed by atoms with Crippen molar-refractivity contribution in [2.45, 2.75) is 50.5 Å². The molecule has 1 atom stereocenters. The maximum absolute atomic E-state index is 3.61. The Balaban J connectivity index is 1.60. The van der Waals surface area contributed by atoms with Crippen molar-refractivity contribution >= 4 is 5.69 Å². The molecule has 2 fully saturated rings. The standard InChI is InChI=1S/C16H24N2/c1-2-4-13(5-3-1)14-6-8-15(9-7-14)18-16-10-11-17-12-16/h6-9,13,16-18H,1-5,10-12H2. The summed E-state index contributed by atoms with van der Waals surface area (Å²) in [5.41, 5.74) is 2.83. The number of rotatable bonds is 3. The van der Waals surface area contributed by atoms with Gasteiger partial charge in [-0.2, -0.15) is 0 Å². The first-order chi connectivity index (χ1) is 8.92. The van der Waals surface area contributed by atoms with E-state index >= 15 is 0 Å². The van der Waals surface area contributed by atoms with E-state index in [-0.39, 0.29) is 0 Å². The Labute approximate surface area is 110 Å². The predicted octanol–water partition coefficient (Wildman–Crippen LogP) is 3.51. The molecule has 1 aliphatic heterocycles. The second-order valence-corrected chi connectivity index (χ2v) is 5.79. The summed E-state index contributed by atoms with van der Waals surface area (Å²) in [6.45, 7) is 2.25. The van der Waals surface area contributed by atoms with Crippen LogP contribution in [0.1, 0.15) is 50.0 Å². The zero-order valence-electron chi connectivity index (χ0n) is 11.1. The minimum Gasteiger partial charge on any atom is -0.381 e. The van der Waals surface area contributed by atoms with Crippen molar-refractivity contribution in [3.63, 3.8) is 0 Å². The van der Waals surface area contributed by atoms with Gasteiger partial charge < -0.3 is 10.6 Å². The average molecular weight is 244 g/mol. The maximum Gasteiger partial charge on any atom is 0.0398 e. The van der Waals surface area contributed by atoms with Gasteiger partial charge in [-0.1, -0.05) is 31.4 Å². The number of hydrogen-bond donors (Lipinski definition) is 2. The van der Waals surface area contributed by atoms with Crippen molar-refractivity contribution in [2.24, 2.45) is 0 Å². The Hall–Kier alpha value is -1.02. The van der Waals surface area contributed by atoms with Crippen molar-refractivity contribution in [3.05, 3.63) is 29.8 Å². The summed E-state index contributed by atoms with van der Waals surface area (Å²) in [4.78, 5) is 0. The number of anilines is 1. The molecule has 1 saturated carbocycles. The van der Waals surface area contributed by atoms with Gasteiger partial charge in [-0.3, -0.25) is 0 Å². The molecule has 98 valence electrons. The molecule has 1 aliphatic carbocycles. The van der Waals surface area contributed by atoms with E-state index in [1.165, 1.54) is 44.2 Å². The van der Waals surface area contributed by atoms with Crippen LogP contribution in [-0.2, 0) is 0 Å². The monoisotopic (exact) mass is 244 g/mol. The van der Waals surface area contributed by atoms with Crippen LogP contribution in [0.5, 0.6) is 0 Å². The fourth-order valence-electron chi connectivity index (χ4n) is 3.30. The lowest BCUT2D eigenvalue weighted by Crippen LogP contribution is -2.22. The fourth-order valence-corrected chi connectivity index (χ4v) is 3.30. The van der Waals surface area contributed by atoms with E-state index in [0.717, 1.165) is 19.0 Å². The van der Waals surface area contributed by atoms with Crippen LogP contribution in [0, 0.1) is 0 Å². The van der Waals surface area contributed by atoms with Crippen LogP contribution in [0.15, 0.2) is 24.3 Å². The Bertz CT molecular complexity index is 359. The average Bonchev–Trinajstić information content (AvgIpc) is 2.94. The normalized spacial score (nSPS) is 25.2. The van der Waals surface area contributed by atoms with E-state index in [1.807, 2.05) is 0 Å². The lowest BCUT2D eigenvalue weighted by atomic mass is 9.84. The summed E-state index contributed by atoms with van der Waals surface area (Å²) in [5, 5.41) is 7.00. The van der Waals surface area contributed by atoms with Crippen molar-refractivity contribution in [1.82, 2.24) is 5.32 Å². The van der Waals surface area contributed by atoms with Gasteiger partial charge in [-0.15, -0.1) is 0 Å². The first kappa shape index (κ1) is 12.0. The van der Waals surface area contributed by atoms with Gasteiger partial charge in [0.15, 0.2) is 0 Å². The quantitative estimate of drug-likeness (QED) is 0.850. The summed E-state index contributed by atoms with van der Waals surface area (Å²) in [5.74, 6) is 0.820. The van der Waals surface area contributed by atoms with Crippen LogP contribution in [0.2, 0.25) is 0 Å². The molecule has 2 nitrogen and oxygen atoms in total. The summed E-state index contributed by atoms with van der Waals surface area (Å²) >= 11 is 0. The number of hydrogen-bond acceptors (Lipinski definition) is 2. The van der Waals surface area contributed by atoms with Crippen LogP contribution >= 0.6 is 0 Å². The first-order valence-corrected chi connectivity index (χ1v) is 7.49. The SMILES string of the molecule is c1cc(C2CCCCC2)ccc1NC1CCNC1. The lowest BCUT2D eigenvalue weighted by Gasteiger charge is -2.22. The smallest absolute Gasteiger partial charge is 0.0398 e. The van der Waals surface area contributed by atoms with E-state index in [2.05, 4.69) is 34.9 Å². The second kappa shape index (κ2) is 5.75. The topological polar surface area (TPSA) is 24.1 Å². The van der Waals surface area contributed by atoms with Crippen LogP contribution in [0.4, 0.5) is 5.69 Å². The van der Waals surface area contributed by atoms with Crippen molar-refractivity contribution in [2.75, 3.05) is 18.4 Å². The molecule has 2 aliphatic rings. The molecule has 1 aromatic carbocycles. The van der Waals surface area contributed by atoms with E-state index in [4.69, 9.17) is 0 Å². The zero-order valence-corrected chi connectivity index (χ0v) is 11.1. The van der Waals surface area contributed by atoms with Crippen molar-refractivity contribution in [1.29, 1.82) is 0 Å². The molecule has 0 bridgehead atoms. The van der Waals surface area contributed by atoms with Crippen LogP contribution in [0.3, 0.4) is 0 Å². The number of nitrogens with one attached hydrogen (secondary N) is 2. The van der Waals surface area contributed by atoms with E-state index in [9.17, 15) is 0 Å². The Morgan fingerprint density at radius 3 is 2.39 bits per heavy atom. The molecule has 3 rings (SSSR count). The molecule has 1 saturated heterocycles. The first-order valence-electron chi connectivity index (χ1n) is 7.49. The van der Waals surface area contributed by atoms with Crippen LogP contribution < -0.4 is 10.6 Å². The van der Waals surface area contributed by atoms with Gasteiger partial charge >= 0.3 is 0 Å². The number of benzene rings is 1. The van der Waals surface area contributed by atoms with Crippen LogP contribution in [-0.4, -0.2) is 19.1 Å². The molecule has 0 radical (unpaired) electrons. The summed E-state index contributed by atoms with van der Waals surface area (Å²) in [6, 6.07) is 9.82. The van der Waals surface area contributed by atoms with Gasteiger partial charge in [-0.05, 0) is 49.4 Å². The third kappa shape index (κ3) is 2.86. The van der Waals surface area contributed by atoms with Crippen LogP contribution in [0.25, 0.3) is 0 Å². The summed E-state index contributed by atoms with van der Waals surface area (Å²) in [7, 11) is 0. The van der Waals surface area contributed by atoms with Gasteiger partial charge in [-0.25, -0.2) is 0 Å². The zero-order chi connectivity index (χ0) is 12.2. The van der Waals surface area contributed by atoms with Gasteiger partial charge in [0.1, 0.15) is 0 Å². The largest absolute Gasteiger partial charge is 0.381 e. The van der Waals surface area contributed by atoms with E-state index in [0.29, 0.717) is 6.04 Å². The summed E-state index contributed by atoms with van der Waals surface area (Å²) in [6.07, 6.45) is 8.28. The minimum atomic E-state index is 0.616.